The predicted octanol–water partition coefficient (Wildman–Crippen LogP) is 5.11. The van der Waals surface area contributed by atoms with Crippen LogP contribution >= 0.6 is 0 Å². The fourth-order valence-corrected chi connectivity index (χ4v) is 4.35. The van der Waals surface area contributed by atoms with Crippen molar-refractivity contribution in [2.75, 3.05) is 20.3 Å². The molecule has 6 heteroatoms. The summed E-state index contributed by atoms with van der Waals surface area (Å²) in [4.78, 5) is 34.1. The number of hydrogen-bond acceptors (Lipinski definition) is 4. The van der Waals surface area contributed by atoms with E-state index in [1.807, 2.05) is 80.6 Å². The van der Waals surface area contributed by atoms with E-state index in [1.165, 1.54) is 0 Å². The molecule has 0 bridgehead atoms. The molecule has 180 valence electrons. The van der Waals surface area contributed by atoms with Crippen LogP contribution in [0.25, 0.3) is 16.6 Å². The van der Waals surface area contributed by atoms with Crippen LogP contribution in [0.5, 0.6) is 0 Å². The summed E-state index contributed by atoms with van der Waals surface area (Å²) in [5, 5.41) is 0.544. The number of hydrogen-bond donors (Lipinski definition) is 0. The Bertz CT molecular complexity index is 1390. The van der Waals surface area contributed by atoms with Crippen LogP contribution in [0, 0.1) is 6.92 Å². The molecule has 4 rings (SSSR count). The lowest BCUT2D eigenvalue weighted by Gasteiger charge is -2.31. The number of para-hydroxylation sites is 2. The van der Waals surface area contributed by atoms with Crippen LogP contribution in [0.1, 0.15) is 47.2 Å². The van der Waals surface area contributed by atoms with Gasteiger partial charge in [-0.05, 0) is 56.2 Å². The summed E-state index contributed by atoms with van der Waals surface area (Å²) in [5.74, 6) is 0.387. The molecule has 1 atom stereocenters. The number of nitrogens with zero attached hydrogens (tertiary/aromatic N) is 3. The van der Waals surface area contributed by atoms with Gasteiger partial charge in [0.2, 0.25) is 0 Å². The van der Waals surface area contributed by atoms with Gasteiger partial charge in [0.25, 0.3) is 11.5 Å². The molecule has 6 nitrogen and oxygen atoms in total. The molecule has 0 saturated heterocycles. The lowest BCUT2D eigenvalue weighted by atomic mass is 10.1. The van der Waals surface area contributed by atoms with E-state index in [9.17, 15) is 9.59 Å². The molecule has 0 radical (unpaired) electrons. The predicted molar refractivity (Wildman–Crippen MR) is 139 cm³/mol. The number of rotatable bonds is 8. The fourth-order valence-electron chi connectivity index (χ4n) is 4.35. The molecule has 0 spiro atoms. The number of aromatic nitrogens is 2. The Morgan fingerprint density at radius 2 is 1.71 bits per heavy atom. The normalized spacial score (nSPS) is 12.0. The highest BCUT2D eigenvalue weighted by atomic mass is 16.5. The second-order valence-corrected chi connectivity index (χ2v) is 8.64. The third kappa shape index (κ3) is 4.88. The Labute approximate surface area is 205 Å². The Kier molecular flexibility index (Phi) is 7.42. The number of aryl methyl sites for hydroxylation is 2. The van der Waals surface area contributed by atoms with E-state index in [0.29, 0.717) is 35.4 Å². The number of benzene rings is 3. The first-order valence-corrected chi connectivity index (χ1v) is 11.9. The van der Waals surface area contributed by atoms with Crippen molar-refractivity contribution in [1.82, 2.24) is 14.5 Å². The molecule has 3 aromatic carbocycles. The number of amides is 1. The molecular weight excluding hydrogens is 438 g/mol. The molecule has 0 aliphatic heterocycles. The zero-order chi connectivity index (χ0) is 24.9. The largest absolute Gasteiger partial charge is 0.383 e. The van der Waals surface area contributed by atoms with Gasteiger partial charge in [-0.15, -0.1) is 0 Å². The number of carbonyl (C=O) groups is 1. The Balaban J connectivity index is 1.92. The summed E-state index contributed by atoms with van der Waals surface area (Å²) in [6, 6.07) is 22.2. The van der Waals surface area contributed by atoms with E-state index < -0.39 is 6.04 Å². The van der Waals surface area contributed by atoms with E-state index in [2.05, 4.69) is 6.92 Å². The second-order valence-electron chi connectivity index (χ2n) is 8.64. The molecule has 0 N–H and O–H groups in total. The van der Waals surface area contributed by atoms with Crippen LogP contribution in [-0.4, -0.2) is 40.6 Å². The maximum absolute atomic E-state index is 13.8. The minimum Gasteiger partial charge on any atom is -0.383 e. The summed E-state index contributed by atoms with van der Waals surface area (Å²) < 4.78 is 7.00. The standard InChI is InChI=1S/C29H31N3O3/c1-5-22-10-6-9-13-26(22)32-27(30-25-12-8-7-11-24(25)29(32)34)21(3)31(18-19-35-4)28(33)23-16-14-20(2)15-17-23/h6-17,21H,5,18-19H2,1-4H3. The van der Waals surface area contributed by atoms with Gasteiger partial charge in [-0.2, -0.15) is 0 Å². The fraction of sp³-hybridized carbons (Fsp3) is 0.276. The van der Waals surface area contributed by atoms with Gasteiger partial charge in [-0.25, -0.2) is 4.98 Å². The molecule has 1 amide bonds. The van der Waals surface area contributed by atoms with Crippen molar-refractivity contribution in [3.05, 3.63) is 106 Å². The summed E-state index contributed by atoms with van der Waals surface area (Å²) in [6.45, 7) is 6.70. The van der Waals surface area contributed by atoms with E-state index in [4.69, 9.17) is 9.72 Å². The van der Waals surface area contributed by atoms with Crippen molar-refractivity contribution >= 4 is 16.8 Å². The molecule has 0 saturated carbocycles. The minimum absolute atomic E-state index is 0.132. The minimum atomic E-state index is -0.485. The van der Waals surface area contributed by atoms with Crippen molar-refractivity contribution in [3.63, 3.8) is 0 Å². The van der Waals surface area contributed by atoms with E-state index >= 15 is 0 Å². The van der Waals surface area contributed by atoms with Gasteiger partial charge in [0.15, 0.2) is 0 Å². The molecular formula is C29H31N3O3. The van der Waals surface area contributed by atoms with E-state index in [1.54, 1.807) is 22.6 Å². The van der Waals surface area contributed by atoms with E-state index in [-0.39, 0.29) is 11.5 Å². The third-order valence-electron chi connectivity index (χ3n) is 6.35. The molecule has 35 heavy (non-hydrogen) atoms. The van der Waals surface area contributed by atoms with Crippen LogP contribution in [-0.2, 0) is 11.2 Å². The highest BCUT2D eigenvalue weighted by Crippen LogP contribution is 2.26. The lowest BCUT2D eigenvalue weighted by Crippen LogP contribution is -2.39. The summed E-state index contributed by atoms with van der Waals surface area (Å²) in [5.41, 5.74) is 3.95. The van der Waals surface area contributed by atoms with Gasteiger partial charge in [-0.1, -0.05) is 55.0 Å². The SMILES string of the molecule is CCc1ccccc1-n1c(C(C)N(CCOC)C(=O)c2ccc(C)cc2)nc2ccccc2c1=O. The van der Waals surface area contributed by atoms with Crippen LogP contribution in [0.2, 0.25) is 0 Å². The first kappa shape index (κ1) is 24.4. The highest BCUT2D eigenvalue weighted by Gasteiger charge is 2.28. The lowest BCUT2D eigenvalue weighted by molar-refractivity contribution is 0.0605. The number of carbonyl (C=O) groups excluding carboxylic acids is 1. The van der Waals surface area contributed by atoms with Crippen LogP contribution in [0.4, 0.5) is 0 Å². The van der Waals surface area contributed by atoms with Gasteiger partial charge >= 0.3 is 0 Å². The maximum Gasteiger partial charge on any atom is 0.266 e. The first-order valence-electron chi connectivity index (χ1n) is 11.9. The van der Waals surface area contributed by atoms with Gasteiger partial charge in [0.1, 0.15) is 5.82 Å². The topological polar surface area (TPSA) is 64.4 Å². The zero-order valence-corrected chi connectivity index (χ0v) is 20.7. The van der Waals surface area contributed by atoms with Gasteiger partial charge in [0, 0.05) is 19.2 Å². The van der Waals surface area contributed by atoms with Crippen molar-refractivity contribution in [3.8, 4) is 5.69 Å². The van der Waals surface area contributed by atoms with Crippen LogP contribution < -0.4 is 5.56 Å². The molecule has 0 aliphatic carbocycles. The summed E-state index contributed by atoms with van der Waals surface area (Å²) in [6.07, 6.45) is 0.763. The number of ether oxygens (including phenoxy) is 1. The first-order chi connectivity index (χ1) is 17.0. The van der Waals surface area contributed by atoms with E-state index in [0.717, 1.165) is 23.2 Å². The summed E-state index contributed by atoms with van der Waals surface area (Å²) in [7, 11) is 1.61. The van der Waals surface area contributed by atoms with Crippen LogP contribution in [0.3, 0.4) is 0 Å². The molecule has 0 aliphatic rings. The van der Waals surface area contributed by atoms with Gasteiger partial charge in [0.05, 0.1) is 29.2 Å². The van der Waals surface area contributed by atoms with Crippen molar-refractivity contribution in [2.45, 2.75) is 33.2 Å². The molecule has 1 unspecified atom stereocenters. The number of fused-ring (bicyclic) bond motifs is 1. The van der Waals surface area contributed by atoms with Crippen molar-refractivity contribution in [1.29, 1.82) is 0 Å². The smallest absolute Gasteiger partial charge is 0.266 e. The van der Waals surface area contributed by atoms with Crippen molar-refractivity contribution in [2.24, 2.45) is 0 Å². The highest BCUT2D eigenvalue weighted by molar-refractivity contribution is 5.94. The Morgan fingerprint density at radius 3 is 2.43 bits per heavy atom. The monoisotopic (exact) mass is 469 g/mol. The zero-order valence-electron chi connectivity index (χ0n) is 20.7. The maximum atomic E-state index is 13.8. The third-order valence-corrected chi connectivity index (χ3v) is 6.35. The summed E-state index contributed by atoms with van der Waals surface area (Å²) >= 11 is 0. The van der Waals surface area contributed by atoms with Gasteiger partial charge < -0.3 is 9.64 Å². The average Bonchev–Trinajstić information content (AvgIpc) is 2.89. The molecule has 1 heterocycles. The van der Waals surface area contributed by atoms with Crippen LogP contribution in [0.15, 0.2) is 77.6 Å². The Morgan fingerprint density at radius 1 is 1.03 bits per heavy atom. The number of methoxy groups -OCH3 is 1. The molecule has 1 aromatic heterocycles. The second kappa shape index (κ2) is 10.7. The quantitative estimate of drug-likeness (QED) is 0.360. The molecule has 0 fully saturated rings. The average molecular weight is 470 g/mol. The molecule has 4 aromatic rings. The van der Waals surface area contributed by atoms with Crippen molar-refractivity contribution < 1.29 is 9.53 Å². The Hall–Kier alpha value is -3.77. The van der Waals surface area contributed by atoms with Gasteiger partial charge in [-0.3, -0.25) is 14.2 Å².